The Bertz CT molecular complexity index is 267. The van der Waals surface area contributed by atoms with Crippen LogP contribution in [0.15, 0.2) is 16.8 Å². The van der Waals surface area contributed by atoms with E-state index < -0.39 is 0 Å². The molecule has 0 aromatic carbocycles. The first kappa shape index (κ1) is 11.1. The van der Waals surface area contributed by atoms with Gasteiger partial charge in [-0.2, -0.15) is 11.3 Å². The Balaban J connectivity index is 1.80. The molecule has 1 aliphatic rings. The second kappa shape index (κ2) is 5.64. The van der Waals surface area contributed by atoms with Crippen LogP contribution in [-0.4, -0.2) is 25.8 Å². The van der Waals surface area contributed by atoms with Crippen LogP contribution in [0.4, 0.5) is 0 Å². The fourth-order valence-electron chi connectivity index (χ4n) is 2.19. The monoisotopic (exact) mass is 225 g/mol. The lowest BCUT2D eigenvalue weighted by Gasteiger charge is -2.22. The number of likely N-dealkylation sites (N-methyl/N-ethyl adjacent to an activating group) is 1. The predicted octanol–water partition coefficient (Wildman–Crippen LogP) is 2.45. The Labute approximate surface area is 95.6 Å². The summed E-state index contributed by atoms with van der Waals surface area (Å²) < 4.78 is 5.72. The number of hydrogen-bond donors (Lipinski definition) is 1. The molecule has 0 bridgehead atoms. The Kier molecular flexibility index (Phi) is 4.18. The largest absolute Gasteiger partial charge is 0.377 e. The van der Waals surface area contributed by atoms with Gasteiger partial charge in [-0.15, -0.1) is 0 Å². The van der Waals surface area contributed by atoms with Crippen molar-refractivity contribution in [3.8, 4) is 0 Å². The van der Waals surface area contributed by atoms with Gasteiger partial charge in [-0.1, -0.05) is 0 Å². The van der Waals surface area contributed by atoms with Crippen molar-refractivity contribution in [3.63, 3.8) is 0 Å². The fraction of sp³-hybridized carbons (Fsp3) is 0.667. The summed E-state index contributed by atoms with van der Waals surface area (Å²) >= 11 is 1.78. The molecule has 3 heteroatoms. The van der Waals surface area contributed by atoms with Crippen molar-refractivity contribution in [1.82, 2.24) is 5.32 Å². The van der Waals surface area contributed by atoms with Gasteiger partial charge in [0.05, 0.1) is 6.10 Å². The van der Waals surface area contributed by atoms with E-state index in [-0.39, 0.29) is 0 Å². The summed E-state index contributed by atoms with van der Waals surface area (Å²) in [7, 11) is 2.04. The summed E-state index contributed by atoms with van der Waals surface area (Å²) in [6.07, 6.45) is 5.22. The minimum Gasteiger partial charge on any atom is -0.377 e. The van der Waals surface area contributed by atoms with Crippen molar-refractivity contribution in [3.05, 3.63) is 22.4 Å². The summed E-state index contributed by atoms with van der Waals surface area (Å²) in [6.45, 7) is 0.946. The minimum absolute atomic E-state index is 0.439. The molecular weight excluding hydrogens is 206 g/mol. The van der Waals surface area contributed by atoms with Gasteiger partial charge in [0.15, 0.2) is 0 Å². The van der Waals surface area contributed by atoms with E-state index in [1.54, 1.807) is 11.3 Å². The number of thiophene rings is 1. The zero-order chi connectivity index (χ0) is 10.5. The van der Waals surface area contributed by atoms with Gasteiger partial charge >= 0.3 is 0 Å². The molecule has 1 aliphatic heterocycles. The smallest absolute Gasteiger partial charge is 0.0728 e. The maximum Gasteiger partial charge on any atom is 0.0728 e. The van der Waals surface area contributed by atoms with E-state index in [2.05, 4.69) is 22.1 Å². The highest BCUT2D eigenvalue weighted by molar-refractivity contribution is 7.07. The molecule has 0 spiro atoms. The number of nitrogens with one attached hydrogen (secondary N) is 1. The molecule has 2 unspecified atom stereocenters. The van der Waals surface area contributed by atoms with Crippen molar-refractivity contribution in [2.45, 2.75) is 37.8 Å². The van der Waals surface area contributed by atoms with Crippen LogP contribution in [0.2, 0.25) is 0 Å². The molecule has 1 aromatic rings. The molecule has 0 radical (unpaired) electrons. The third-order valence-electron chi connectivity index (χ3n) is 3.11. The summed E-state index contributed by atoms with van der Waals surface area (Å²) in [5, 5.41) is 7.77. The third kappa shape index (κ3) is 3.03. The second-order valence-electron chi connectivity index (χ2n) is 4.12. The lowest BCUT2D eigenvalue weighted by Crippen LogP contribution is -2.37. The van der Waals surface area contributed by atoms with E-state index in [0.717, 1.165) is 13.0 Å². The highest BCUT2D eigenvalue weighted by Gasteiger charge is 2.24. The van der Waals surface area contributed by atoms with Gasteiger partial charge < -0.3 is 10.1 Å². The van der Waals surface area contributed by atoms with Gasteiger partial charge in [0.1, 0.15) is 0 Å². The van der Waals surface area contributed by atoms with E-state index in [4.69, 9.17) is 4.74 Å². The molecule has 0 amide bonds. The number of hydrogen-bond acceptors (Lipinski definition) is 3. The third-order valence-corrected chi connectivity index (χ3v) is 3.84. The normalized spacial score (nSPS) is 23.1. The summed E-state index contributed by atoms with van der Waals surface area (Å²) in [6, 6.07) is 2.74. The van der Waals surface area contributed by atoms with Crippen molar-refractivity contribution >= 4 is 11.3 Å². The number of rotatable bonds is 5. The van der Waals surface area contributed by atoms with Crippen LogP contribution < -0.4 is 5.32 Å². The summed E-state index contributed by atoms with van der Waals surface area (Å²) in [5.41, 5.74) is 1.46. The van der Waals surface area contributed by atoms with E-state index in [0.29, 0.717) is 12.1 Å². The maximum atomic E-state index is 5.72. The molecule has 0 aliphatic carbocycles. The molecular formula is C12H19NOS. The average Bonchev–Trinajstić information content (AvgIpc) is 2.90. The second-order valence-corrected chi connectivity index (χ2v) is 4.90. The molecule has 1 N–H and O–H groups in total. The lowest BCUT2D eigenvalue weighted by atomic mass is 10.0. The van der Waals surface area contributed by atoms with Crippen LogP contribution >= 0.6 is 11.3 Å². The van der Waals surface area contributed by atoms with E-state index in [9.17, 15) is 0 Å². The van der Waals surface area contributed by atoms with Crippen molar-refractivity contribution in [1.29, 1.82) is 0 Å². The first-order valence-electron chi connectivity index (χ1n) is 5.70. The predicted molar refractivity (Wildman–Crippen MR) is 64.5 cm³/mol. The standard InChI is InChI=1S/C12H19NOS/c1-13-11(12-3-2-7-14-12)5-4-10-6-8-15-9-10/h6,8-9,11-13H,2-5,7H2,1H3. The zero-order valence-corrected chi connectivity index (χ0v) is 10.1. The Morgan fingerprint density at radius 2 is 2.60 bits per heavy atom. The molecule has 84 valence electrons. The molecule has 0 saturated carbocycles. The topological polar surface area (TPSA) is 21.3 Å². The van der Waals surface area contributed by atoms with Crippen LogP contribution in [0.5, 0.6) is 0 Å². The van der Waals surface area contributed by atoms with Crippen molar-refractivity contribution in [2.75, 3.05) is 13.7 Å². The molecule has 1 aromatic heterocycles. The Hall–Kier alpha value is -0.380. The van der Waals surface area contributed by atoms with Gasteiger partial charge in [0.2, 0.25) is 0 Å². The first-order valence-corrected chi connectivity index (χ1v) is 6.64. The molecule has 2 rings (SSSR count). The highest BCUT2D eigenvalue weighted by Crippen LogP contribution is 2.19. The summed E-state index contributed by atoms with van der Waals surface area (Å²) in [4.78, 5) is 0. The van der Waals surface area contributed by atoms with Gasteiger partial charge in [-0.25, -0.2) is 0 Å². The fourth-order valence-corrected chi connectivity index (χ4v) is 2.90. The Morgan fingerprint density at radius 1 is 1.67 bits per heavy atom. The van der Waals surface area contributed by atoms with Gasteiger partial charge in [0, 0.05) is 12.6 Å². The molecule has 15 heavy (non-hydrogen) atoms. The van der Waals surface area contributed by atoms with Crippen molar-refractivity contribution in [2.24, 2.45) is 0 Å². The van der Waals surface area contributed by atoms with Crippen molar-refractivity contribution < 1.29 is 4.74 Å². The number of ether oxygens (including phenoxy) is 1. The van der Waals surface area contributed by atoms with E-state index in [1.165, 1.54) is 24.8 Å². The van der Waals surface area contributed by atoms with Gasteiger partial charge in [-0.3, -0.25) is 0 Å². The zero-order valence-electron chi connectivity index (χ0n) is 9.24. The number of aryl methyl sites for hydroxylation is 1. The molecule has 2 nitrogen and oxygen atoms in total. The van der Waals surface area contributed by atoms with Crippen LogP contribution in [-0.2, 0) is 11.2 Å². The maximum absolute atomic E-state index is 5.72. The van der Waals surface area contributed by atoms with Crippen LogP contribution in [0.1, 0.15) is 24.8 Å². The SMILES string of the molecule is CNC(CCc1ccsc1)C1CCCO1. The van der Waals surface area contributed by atoms with Gasteiger partial charge in [-0.05, 0) is 55.1 Å². The van der Waals surface area contributed by atoms with Crippen LogP contribution in [0, 0.1) is 0 Å². The molecule has 2 atom stereocenters. The lowest BCUT2D eigenvalue weighted by molar-refractivity contribution is 0.0782. The molecule has 1 fully saturated rings. The van der Waals surface area contributed by atoms with E-state index >= 15 is 0 Å². The van der Waals surface area contributed by atoms with Gasteiger partial charge in [0.25, 0.3) is 0 Å². The van der Waals surface area contributed by atoms with E-state index in [1.807, 2.05) is 7.05 Å². The minimum atomic E-state index is 0.439. The summed E-state index contributed by atoms with van der Waals surface area (Å²) in [5.74, 6) is 0. The van der Waals surface area contributed by atoms with Crippen LogP contribution in [0.25, 0.3) is 0 Å². The molecule has 1 saturated heterocycles. The molecule has 2 heterocycles. The quantitative estimate of drug-likeness (QED) is 0.831. The Morgan fingerprint density at radius 3 is 3.20 bits per heavy atom. The highest BCUT2D eigenvalue weighted by atomic mass is 32.1. The first-order chi connectivity index (χ1) is 7.40. The average molecular weight is 225 g/mol. The van der Waals surface area contributed by atoms with Crippen LogP contribution in [0.3, 0.4) is 0 Å².